The van der Waals surface area contributed by atoms with Crippen LogP contribution >= 0.6 is 23.4 Å². The first kappa shape index (κ1) is 13.9. The Morgan fingerprint density at radius 3 is 2.89 bits per heavy atom. The lowest BCUT2D eigenvalue weighted by atomic mass is 10.2. The highest BCUT2D eigenvalue weighted by atomic mass is 35.5. The monoisotopic (exact) mass is 293 g/mol. The van der Waals surface area contributed by atoms with Gasteiger partial charge in [0, 0.05) is 11.9 Å². The third-order valence-corrected chi connectivity index (χ3v) is 3.83. The molecule has 0 amide bonds. The molecule has 2 aromatic rings. The van der Waals surface area contributed by atoms with Crippen LogP contribution in [0.4, 0.5) is 0 Å². The average molecular weight is 294 g/mol. The van der Waals surface area contributed by atoms with Crippen molar-refractivity contribution in [3.63, 3.8) is 0 Å². The van der Waals surface area contributed by atoms with Gasteiger partial charge in [-0.15, -0.1) is 11.8 Å². The van der Waals surface area contributed by atoms with Gasteiger partial charge in [0.25, 0.3) is 0 Å². The Labute approximate surface area is 120 Å². The van der Waals surface area contributed by atoms with E-state index in [-0.39, 0.29) is 10.6 Å². The van der Waals surface area contributed by atoms with Crippen molar-refractivity contribution < 1.29 is 9.90 Å². The van der Waals surface area contributed by atoms with Crippen molar-refractivity contribution in [2.24, 2.45) is 0 Å². The number of halogens is 1. The molecule has 0 spiro atoms. The number of hydrogen-bond donors (Lipinski definition) is 1. The fourth-order valence-electron chi connectivity index (χ4n) is 1.62. The van der Waals surface area contributed by atoms with Crippen molar-refractivity contribution >= 4 is 29.3 Å². The van der Waals surface area contributed by atoms with Crippen LogP contribution < -0.4 is 0 Å². The lowest BCUT2D eigenvalue weighted by molar-refractivity contribution is 0.0696. The van der Waals surface area contributed by atoms with Crippen LogP contribution in [-0.2, 0) is 5.75 Å². The van der Waals surface area contributed by atoms with Gasteiger partial charge < -0.3 is 5.11 Å². The molecule has 98 valence electrons. The zero-order chi connectivity index (χ0) is 13.8. The molecule has 19 heavy (non-hydrogen) atoms. The van der Waals surface area contributed by atoms with E-state index in [0.717, 1.165) is 5.75 Å². The zero-order valence-electron chi connectivity index (χ0n) is 10.3. The predicted octanol–water partition coefficient (Wildman–Crippen LogP) is 4.03. The number of carboxylic acid groups (broad SMARTS) is 1. The van der Waals surface area contributed by atoms with Crippen LogP contribution in [-0.4, -0.2) is 16.1 Å². The highest BCUT2D eigenvalue weighted by Crippen LogP contribution is 2.25. The number of carboxylic acids is 1. The van der Waals surface area contributed by atoms with E-state index in [1.54, 1.807) is 0 Å². The minimum absolute atomic E-state index is 0.0865. The summed E-state index contributed by atoms with van der Waals surface area (Å²) in [5, 5.41) is 9.81. The van der Waals surface area contributed by atoms with Crippen LogP contribution in [0, 0.1) is 6.92 Å². The molecule has 0 aliphatic rings. The molecule has 0 bridgehead atoms. The van der Waals surface area contributed by atoms with Crippen LogP contribution in [0.3, 0.4) is 0 Å². The number of nitrogens with zero attached hydrogens (tertiary/aromatic N) is 1. The number of hydrogen-bond acceptors (Lipinski definition) is 3. The smallest absolute Gasteiger partial charge is 0.337 e. The molecule has 0 unspecified atom stereocenters. The normalized spacial score (nSPS) is 10.4. The molecule has 0 aliphatic carbocycles. The van der Waals surface area contributed by atoms with Gasteiger partial charge in [-0.3, -0.25) is 0 Å². The molecule has 5 heteroatoms. The molecule has 0 fully saturated rings. The molecule has 0 saturated carbocycles. The largest absolute Gasteiger partial charge is 0.478 e. The standard InChI is InChI=1S/C14H12ClNO2S/c1-9-3-2-4-10(5-9)8-19-13-6-11(14(17)18)12(15)7-16-13/h2-7H,8H2,1H3,(H,17,18). The van der Waals surface area contributed by atoms with Gasteiger partial charge in [-0.05, 0) is 18.6 Å². The summed E-state index contributed by atoms with van der Waals surface area (Å²) in [7, 11) is 0. The Hall–Kier alpha value is -1.52. The number of rotatable bonds is 4. The minimum atomic E-state index is -1.04. The molecule has 0 saturated heterocycles. The summed E-state index contributed by atoms with van der Waals surface area (Å²) in [6.07, 6.45) is 1.38. The molecule has 0 aliphatic heterocycles. The van der Waals surface area contributed by atoms with E-state index < -0.39 is 5.97 Å². The van der Waals surface area contributed by atoms with Gasteiger partial charge in [-0.1, -0.05) is 41.4 Å². The van der Waals surface area contributed by atoms with Crippen molar-refractivity contribution in [1.29, 1.82) is 0 Å². The molecule has 2 rings (SSSR count). The van der Waals surface area contributed by atoms with E-state index in [1.165, 1.54) is 35.2 Å². The highest BCUT2D eigenvalue weighted by molar-refractivity contribution is 7.98. The van der Waals surface area contributed by atoms with Gasteiger partial charge in [0.2, 0.25) is 0 Å². The lowest BCUT2D eigenvalue weighted by Crippen LogP contribution is -1.98. The number of carbonyl (C=O) groups is 1. The van der Waals surface area contributed by atoms with Crippen LogP contribution in [0.25, 0.3) is 0 Å². The molecule has 0 atom stereocenters. The maximum atomic E-state index is 11.0. The predicted molar refractivity (Wildman–Crippen MR) is 76.9 cm³/mol. The van der Waals surface area contributed by atoms with Crippen LogP contribution in [0.5, 0.6) is 0 Å². The second-order valence-electron chi connectivity index (χ2n) is 4.09. The molecular weight excluding hydrogens is 282 g/mol. The van der Waals surface area contributed by atoms with E-state index in [1.807, 2.05) is 25.1 Å². The number of aryl methyl sites for hydroxylation is 1. The van der Waals surface area contributed by atoms with Crippen LogP contribution in [0.2, 0.25) is 5.02 Å². The summed E-state index contributed by atoms with van der Waals surface area (Å²) in [5.74, 6) is -0.292. The first-order valence-corrected chi connectivity index (χ1v) is 7.00. The van der Waals surface area contributed by atoms with Gasteiger partial charge in [-0.2, -0.15) is 0 Å². The van der Waals surface area contributed by atoms with Crippen molar-refractivity contribution in [1.82, 2.24) is 4.98 Å². The maximum Gasteiger partial charge on any atom is 0.337 e. The number of benzene rings is 1. The van der Waals surface area contributed by atoms with Gasteiger partial charge >= 0.3 is 5.97 Å². The van der Waals surface area contributed by atoms with Crippen molar-refractivity contribution in [3.8, 4) is 0 Å². The first-order valence-electron chi connectivity index (χ1n) is 5.63. The molecule has 0 radical (unpaired) electrons. The second kappa shape index (κ2) is 6.08. The Morgan fingerprint density at radius 2 is 2.21 bits per heavy atom. The summed E-state index contributed by atoms with van der Waals surface area (Å²) >= 11 is 7.27. The number of thioether (sulfide) groups is 1. The zero-order valence-corrected chi connectivity index (χ0v) is 11.8. The molecule has 1 N–H and O–H groups in total. The molecule has 1 aromatic heterocycles. The fraction of sp³-hybridized carbons (Fsp3) is 0.143. The number of aromatic carboxylic acids is 1. The fourth-order valence-corrected chi connectivity index (χ4v) is 2.63. The molecular formula is C14H12ClNO2S. The van der Waals surface area contributed by atoms with Crippen LogP contribution in [0.1, 0.15) is 21.5 Å². The van der Waals surface area contributed by atoms with Gasteiger partial charge in [0.05, 0.1) is 15.6 Å². The van der Waals surface area contributed by atoms with E-state index in [4.69, 9.17) is 16.7 Å². The van der Waals surface area contributed by atoms with Crippen molar-refractivity contribution in [2.75, 3.05) is 0 Å². The van der Waals surface area contributed by atoms with Crippen molar-refractivity contribution in [3.05, 3.63) is 58.2 Å². The summed E-state index contributed by atoms with van der Waals surface area (Å²) in [6, 6.07) is 9.68. The topological polar surface area (TPSA) is 50.2 Å². The number of aromatic nitrogens is 1. The third-order valence-electron chi connectivity index (χ3n) is 2.53. The summed E-state index contributed by atoms with van der Waals surface area (Å²) in [4.78, 5) is 15.1. The van der Waals surface area contributed by atoms with Crippen LogP contribution in [0.15, 0.2) is 41.6 Å². The van der Waals surface area contributed by atoms with E-state index >= 15 is 0 Å². The molecule has 1 heterocycles. The Morgan fingerprint density at radius 1 is 1.42 bits per heavy atom. The summed E-state index contributed by atoms with van der Waals surface area (Å²) in [6.45, 7) is 2.04. The average Bonchev–Trinajstić information content (AvgIpc) is 2.37. The van der Waals surface area contributed by atoms with Gasteiger partial charge in [0.15, 0.2) is 0 Å². The van der Waals surface area contributed by atoms with Gasteiger partial charge in [-0.25, -0.2) is 9.78 Å². The Bertz CT molecular complexity index is 616. The summed E-state index contributed by atoms with van der Waals surface area (Å²) in [5.41, 5.74) is 2.47. The summed E-state index contributed by atoms with van der Waals surface area (Å²) < 4.78 is 0. The minimum Gasteiger partial charge on any atom is -0.478 e. The van der Waals surface area contributed by atoms with E-state index in [0.29, 0.717) is 5.03 Å². The highest BCUT2D eigenvalue weighted by Gasteiger charge is 2.10. The first-order chi connectivity index (χ1) is 9.06. The molecule has 1 aromatic carbocycles. The van der Waals surface area contributed by atoms with E-state index in [2.05, 4.69) is 11.1 Å². The Balaban J connectivity index is 2.12. The second-order valence-corrected chi connectivity index (χ2v) is 5.49. The SMILES string of the molecule is Cc1cccc(CSc2cc(C(=O)O)c(Cl)cn2)c1. The quantitative estimate of drug-likeness (QED) is 0.865. The maximum absolute atomic E-state index is 11.0. The third kappa shape index (κ3) is 3.72. The van der Waals surface area contributed by atoms with E-state index in [9.17, 15) is 4.79 Å². The molecule has 3 nitrogen and oxygen atoms in total. The Kier molecular flexibility index (Phi) is 4.45. The van der Waals surface area contributed by atoms with Gasteiger partial charge in [0.1, 0.15) is 0 Å². The van der Waals surface area contributed by atoms with Crippen molar-refractivity contribution in [2.45, 2.75) is 17.7 Å². The number of pyridine rings is 1. The lowest BCUT2D eigenvalue weighted by Gasteiger charge is -2.04.